The van der Waals surface area contributed by atoms with Crippen LogP contribution in [0.1, 0.15) is 27.8 Å². The van der Waals surface area contributed by atoms with Crippen molar-refractivity contribution in [1.82, 2.24) is 5.32 Å². The van der Waals surface area contributed by atoms with Crippen LogP contribution in [0, 0.1) is 5.82 Å². The van der Waals surface area contributed by atoms with Crippen LogP contribution in [0.15, 0.2) is 46.9 Å². The Labute approximate surface area is 172 Å². The number of methoxy groups -OCH3 is 1. The maximum absolute atomic E-state index is 13.8. The van der Waals surface area contributed by atoms with Gasteiger partial charge in [-0.1, -0.05) is 12.1 Å². The molecule has 0 saturated carbocycles. The quantitative estimate of drug-likeness (QED) is 0.365. The minimum Gasteiger partial charge on any atom is -0.491 e. The van der Waals surface area contributed by atoms with Crippen molar-refractivity contribution in [1.29, 1.82) is 0 Å². The molecule has 2 heterocycles. The number of hydrogen-bond acceptors (Lipinski definition) is 6. The van der Waals surface area contributed by atoms with Gasteiger partial charge in [-0.25, -0.2) is 4.39 Å². The fourth-order valence-corrected chi connectivity index (χ4v) is 3.68. The van der Waals surface area contributed by atoms with E-state index in [9.17, 15) is 14.3 Å². The molecule has 1 saturated heterocycles. The number of aliphatic hydroxyl groups is 1. The van der Waals surface area contributed by atoms with Crippen LogP contribution in [-0.4, -0.2) is 43.4 Å². The standard InChI is InChI=1S/C22H23FN2O5/c1-28-7-8-29-15-4-2-3-13(9-15)20(26)22(12-25-22)11-17-16-10-14(23)5-6-18(16)30-19(17)21(24)27/h2-6,9-10,20,25-26H,7-8,11-12H2,1H3,(H2,24,27). The molecule has 2 unspecified atom stereocenters. The van der Waals surface area contributed by atoms with Gasteiger partial charge in [0.1, 0.15) is 23.8 Å². The van der Waals surface area contributed by atoms with Crippen molar-refractivity contribution in [3.63, 3.8) is 0 Å². The van der Waals surface area contributed by atoms with Crippen LogP contribution in [0.4, 0.5) is 4.39 Å². The summed E-state index contributed by atoms with van der Waals surface area (Å²) >= 11 is 0. The fourth-order valence-electron chi connectivity index (χ4n) is 3.68. The summed E-state index contributed by atoms with van der Waals surface area (Å²) in [6.07, 6.45) is -0.639. The molecule has 4 rings (SSSR count). The summed E-state index contributed by atoms with van der Waals surface area (Å²) in [4.78, 5) is 11.9. The molecule has 0 bridgehead atoms. The molecule has 0 aliphatic carbocycles. The second-order valence-corrected chi connectivity index (χ2v) is 7.42. The number of ether oxygens (including phenoxy) is 2. The lowest BCUT2D eigenvalue weighted by atomic mass is 9.88. The van der Waals surface area contributed by atoms with Crippen LogP contribution < -0.4 is 15.8 Å². The first-order valence-corrected chi connectivity index (χ1v) is 9.59. The van der Waals surface area contributed by atoms with Crippen LogP contribution in [0.2, 0.25) is 0 Å². The molecule has 2 aromatic carbocycles. The number of fused-ring (bicyclic) bond motifs is 1. The first kappa shape index (κ1) is 20.3. The minimum absolute atomic E-state index is 0.0208. The normalized spacial score (nSPS) is 19.0. The topological polar surface area (TPSA) is 117 Å². The van der Waals surface area contributed by atoms with E-state index in [2.05, 4.69) is 5.32 Å². The number of nitrogens with two attached hydrogens (primary N) is 1. The zero-order chi connectivity index (χ0) is 21.3. The predicted molar refractivity (Wildman–Crippen MR) is 108 cm³/mol. The highest BCUT2D eigenvalue weighted by Gasteiger charge is 2.50. The number of rotatable bonds is 9. The molecule has 7 nitrogen and oxygen atoms in total. The van der Waals surface area contributed by atoms with Crippen LogP contribution in [0.3, 0.4) is 0 Å². The van der Waals surface area contributed by atoms with Crippen molar-refractivity contribution in [3.8, 4) is 5.75 Å². The first-order valence-electron chi connectivity index (χ1n) is 9.59. The first-order chi connectivity index (χ1) is 14.4. The average Bonchev–Trinajstić information content (AvgIpc) is 3.43. The highest BCUT2D eigenvalue weighted by Crippen LogP contribution is 2.40. The van der Waals surface area contributed by atoms with E-state index in [0.717, 1.165) is 0 Å². The number of aliphatic hydroxyl groups excluding tert-OH is 1. The number of carbonyl (C=O) groups excluding carboxylic acids is 1. The summed E-state index contributed by atoms with van der Waals surface area (Å²) in [6, 6.07) is 11.2. The fraction of sp³-hybridized carbons (Fsp3) is 0.318. The van der Waals surface area contributed by atoms with Crippen molar-refractivity contribution < 1.29 is 28.2 Å². The van der Waals surface area contributed by atoms with Crippen LogP contribution in [0.25, 0.3) is 11.0 Å². The molecule has 1 fully saturated rings. The highest BCUT2D eigenvalue weighted by atomic mass is 19.1. The number of benzene rings is 2. The summed E-state index contributed by atoms with van der Waals surface area (Å²) in [5.74, 6) is -0.583. The Balaban J connectivity index is 1.63. The van der Waals surface area contributed by atoms with Gasteiger partial charge in [0.05, 0.1) is 18.2 Å². The lowest BCUT2D eigenvalue weighted by molar-refractivity contribution is 0.0972. The molecule has 1 aliphatic rings. The number of furan rings is 1. The monoisotopic (exact) mass is 414 g/mol. The second-order valence-electron chi connectivity index (χ2n) is 7.42. The van der Waals surface area contributed by atoms with E-state index in [1.165, 1.54) is 18.2 Å². The molecule has 2 atom stereocenters. The van der Waals surface area contributed by atoms with Crippen molar-refractivity contribution in [2.24, 2.45) is 5.73 Å². The second kappa shape index (κ2) is 8.06. The average molecular weight is 414 g/mol. The number of nitrogens with one attached hydrogen (secondary N) is 1. The predicted octanol–water partition coefficient (Wildman–Crippen LogP) is 2.31. The lowest BCUT2D eigenvalue weighted by Gasteiger charge is -2.22. The van der Waals surface area contributed by atoms with Gasteiger partial charge in [0.2, 0.25) is 0 Å². The van der Waals surface area contributed by atoms with Gasteiger partial charge in [-0.05, 0) is 42.3 Å². The zero-order valence-corrected chi connectivity index (χ0v) is 16.5. The molecule has 1 aromatic heterocycles. The van der Waals surface area contributed by atoms with E-state index in [0.29, 0.717) is 47.6 Å². The maximum Gasteiger partial charge on any atom is 0.284 e. The molecule has 1 amide bonds. The van der Waals surface area contributed by atoms with Crippen molar-refractivity contribution in [2.75, 3.05) is 26.9 Å². The van der Waals surface area contributed by atoms with E-state index >= 15 is 0 Å². The summed E-state index contributed by atoms with van der Waals surface area (Å²) in [7, 11) is 1.60. The van der Waals surface area contributed by atoms with Crippen molar-refractivity contribution >= 4 is 16.9 Å². The van der Waals surface area contributed by atoms with Gasteiger partial charge >= 0.3 is 0 Å². The zero-order valence-electron chi connectivity index (χ0n) is 16.5. The Morgan fingerprint density at radius 2 is 2.13 bits per heavy atom. The SMILES string of the molecule is COCCOc1cccc(C(O)C2(Cc3c(C(N)=O)oc4ccc(F)cc34)CN2)c1. The van der Waals surface area contributed by atoms with Crippen LogP contribution >= 0.6 is 0 Å². The van der Waals surface area contributed by atoms with Crippen molar-refractivity contribution in [2.45, 2.75) is 18.1 Å². The molecule has 0 spiro atoms. The summed E-state index contributed by atoms with van der Waals surface area (Å²) < 4.78 is 30.0. The summed E-state index contributed by atoms with van der Waals surface area (Å²) in [5, 5.41) is 14.8. The van der Waals surface area contributed by atoms with Gasteiger partial charge in [0.15, 0.2) is 5.76 Å². The van der Waals surface area contributed by atoms with Gasteiger partial charge in [-0.3, -0.25) is 4.79 Å². The number of amides is 1. The third kappa shape index (κ3) is 3.89. The molecular formula is C22H23FN2O5. The molecule has 1 aliphatic heterocycles. The molecule has 158 valence electrons. The molecule has 30 heavy (non-hydrogen) atoms. The van der Waals surface area contributed by atoms with Gasteiger partial charge in [0.25, 0.3) is 5.91 Å². The number of primary amides is 1. The summed E-state index contributed by atoms with van der Waals surface area (Å²) in [6.45, 7) is 1.37. The van der Waals surface area contributed by atoms with E-state index in [4.69, 9.17) is 19.6 Å². The Kier molecular flexibility index (Phi) is 5.46. The van der Waals surface area contributed by atoms with Gasteiger partial charge < -0.3 is 30.0 Å². The van der Waals surface area contributed by atoms with Crippen LogP contribution in [0.5, 0.6) is 5.75 Å². The van der Waals surface area contributed by atoms with Gasteiger partial charge in [-0.15, -0.1) is 0 Å². The highest BCUT2D eigenvalue weighted by molar-refractivity contribution is 5.98. The van der Waals surface area contributed by atoms with E-state index < -0.39 is 23.4 Å². The Morgan fingerprint density at radius 3 is 2.83 bits per heavy atom. The van der Waals surface area contributed by atoms with E-state index in [1.54, 1.807) is 31.4 Å². The molecule has 3 aromatic rings. The van der Waals surface area contributed by atoms with Crippen LogP contribution in [-0.2, 0) is 11.2 Å². The number of hydrogen-bond donors (Lipinski definition) is 3. The maximum atomic E-state index is 13.8. The Morgan fingerprint density at radius 1 is 1.33 bits per heavy atom. The number of halogens is 1. The molecule has 4 N–H and O–H groups in total. The van der Waals surface area contributed by atoms with E-state index in [1.807, 2.05) is 0 Å². The van der Waals surface area contributed by atoms with Gasteiger partial charge in [-0.2, -0.15) is 0 Å². The smallest absolute Gasteiger partial charge is 0.284 e. The van der Waals surface area contributed by atoms with Crippen molar-refractivity contribution in [3.05, 3.63) is 65.2 Å². The number of carbonyl (C=O) groups is 1. The molecule has 0 radical (unpaired) electrons. The van der Waals surface area contributed by atoms with Gasteiger partial charge in [0, 0.05) is 24.6 Å². The molecule has 8 heteroatoms. The third-order valence-corrected chi connectivity index (χ3v) is 5.35. The minimum atomic E-state index is -0.886. The molecular weight excluding hydrogens is 391 g/mol. The Bertz CT molecular complexity index is 1080. The lowest BCUT2D eigenvalue weighted by Crippen LogP contribution is -2.29. The summed E-state index contributed by atoms with van der Waals surface area (Å²) in [5.41, 5.74) is 6.28. The van der Waals surface area contributed by atoms with E-state index in [-0.39, 0.29) is 12.2 Å². The largest absolute Gasteiger partial charge is 0.491 e. The third-order valence-electron chi connectivity index (χ3n) is 5.35. The Hall–Kier alpha value is -2.94.